The second-order valence-electron chi connectivity index (χ2n) is 6.73. The van der Waals surface area contributed by atoms with Crippen LogP contribution in [0.15, 0.2) is 77.0 Å². The van der Waals surface area contributed by atoms with Crippen molar-refractivity contribution in [2.45, 2.75) is 13.2 Å². The number of nitrogens with zero attached hydrogens (tertiary/aromatic N) is 5. The Kier molecular flexibility index (Phi) is 4.70. The number of aromatic nitrogens is 5. The zero-order valence-electron chi connectivity index (χ0n) is 15.8. The van der Waals surface area contributed by atoms with Gasteiger partial charge in [-0.1, -0.05) is 36.4 Å². The van der Waals surface area contributed by atoms with Crippen molar-refractivity contribution in [2.24, 2.45) is 0 Å². The quantitative estimate of drug-likeness (QED) is 0.476. The molecule has 0 saturated heterocycles. The van der Waals surface area contributed by atoms with Crippen LogP contribution in [0.2, 0.25) is 0 Å². The molecule has 0 spiro atoms. The van der Waals surface area contributed by atoms with E-state index in [0.717, 1.165) is 22.3 Å². The van der Waals surface area contributed by atoms with Gasteiger partial charge in [0.2, 0.25) is 0 Å². The molecule has 0 amide bonds. The predicted octanol–water partition coefficient (Wildman–Crippen LogP) is 3.22. The summed E-state index contributed by atoms with van der Waals surface area (Å²) in [5, 5.41) is 21.1. The van der Waals surface area contributed by atoms with Gasteiger partial charge >= 0.3 is 0 Å². The van der Waals surface area contributed by atoms with Crippen LogP contribution in [-0.4, -0.2) is 29.5 Å². The fourth-order valence-corrected chi connectivity index (χ4v) is 4.13. The molecule has 0 radical (unpaired) electrons. The number of rotatable bonds is 5. The maximum Gasteiger partial charge on any atom is 0.267 e. The molecule has 0 aliphatic carbocycles. The number of aliphatic hydroxyl groups excluding tert-OH is 1. The van der Waals surface area contributed by atoms with Crippen molar-refractivity contribution in [3.63, 3.8) is 0 Å². The lowest BCUT2D eigenvalue weighted by molar-refractivity contribution is 0.277. The molecule has 0 aliphatic heterocycles. The van der Waals surface area contributed by atoms with E-state index in [0.29, 0.717) is 16.4 Å². The van der Waals surface area contributed by atoms with E-state index in [1.807, 2.05) is 59.2 Å². The normalized spacial score (nSPS) is 11.2. The number of thiazole rings is 1. The van der Waals surface area contributed by atoms with Crippen molar-refractivity contribution in [2.75, 3.05) is 0 Å². The number of hydrogen-bond acceptors (Lipinski definition) is 6. The standard InChI is InChI=1S/C22H17N5O2S/c28-13-16-14-30-19(23-16)12-27-20(29)10-9-17(24-27)21-18-8-4-5-11-26(18)25-22(21)15-6-2-1-3-7-15/h1-11,14,28H,12-13H2. The van der Waals surface area contributed by atoms with E-state index in [1.54, 1.807) is 11.4 Å². The summed E-state index contributed by atoms with van der Waals surface area (Å²) in [6.45, 7) is 0.124. The summed E-state index contributed by atoms with van der Waals surface area (Å²) < 4.78 is 3.22. The first-order chi connectivity index (χ1) is 14.7. The first-order valence-corrected chi connectivity index (χ1v) is 10.3. The summed E-state index contributed by atoms with van der Waals surface area (Å²) in [6, 6.07) is 19.0. The molecule has 30 heavy (non-hydrogen) atoms. The molecular weight excluding hydrogens is 398 g/mol. The molecule has 0 saturated carbocycles. The molecular formula is C22H17N5O2S. The largest absolute Gasteiger partial charge is 0.390 e. The fraction of sp³-hybridized carbons (Fsp3) is 0.0909. The predicted molar refractivity (Wildman–Crippen MR) is 115 cm³/mol. The highest BCUT2D eigenvalue weighted by Gasteiger charge is 2.18. The molecule has 148 valence electrons. The summed E-state index contributed by atoms with van der Waals surface area (Å²) in [5.41, 5.74) is 4.59. The molecule has 0 aliphatic rings. The molecule has 0 bridgehead atoms. The van der Waals surface area contributed by atoms with Crippen LogP contribution in [0.1, 0.15) is 10.7 Å². The van der Waals surface area contributed by atoms with Crippen LogP contribution in [0.3, 0.4) is 0 Å². The maximum atomic E-state index is 12.4. The average Bonchev–Trinajstić information content (AvgIpc) is 3.40. The van der Waals surface area contributed by atoms with Gasteiger partial charge < -0.3 is 5.11 Å². The molecule has 8 heteroatoms. The van der Waals surface area contributed by atoms with Gasteiger partial charge in [-0.05, 0) is 18.2 Å². The molecule has 1 aromatic carbocycles. The molecule has 7 nitrogen and oxygen atoms in total. The third-order valence-electron chi connectivity index (χ3n) is 4.76. The molecule has 0 unspecified atom stereocenters. The van der Waals surface area contributed by atoms with Gasteiger partial charge in [0.05, 0.1) is 35.6 Å². The fourth-order valence-electron chi connectivity index (χ4n) is 3.37. The number of benzene rings is 1. The van der Waals surface area contributed by atoms with Crippen LogP contribution >= 0.6 is 11.3 Å². The Labute approximate surface area is 175 Å². The summed E-state index contributed by atoms with van der Waals surface area (Å²) in [5.74, 6) is 0. The number of pyridine rings is 1. The average molecular weight is 415 g/mol. The van der Waals surface area contributed by atoms with E-state index >= 15 is 0 Å². The number of fused-ring (bicyclic) bond motifs is 1. The Bertz CT molecular complexity index is 1390. The van der Waals surface area contributed by atoms with Crippen LogP contribution in [0.5, 0.6) is 0 Å². The lowest BCUT2D eigenvalue weighted by Gasteiger charge is -2.07. The van der Waals surface area contributed by atoms with Crippen molar-refractivity contribution >= 4 is 16.9 Å². The molecule has 4 aromatic heterocycles. The van der Waals surface area contributed by atoms with Gasteiger partial charge in [-0.15, -0.1) is 11.3 Å². The van der Waals surface area contributed by atoms with Crippen LogP contribution < -0.4 is 5.56 Å². The monoisotopic (exact) mass is 415 g/mol. The van der Waals surface area contributed by atoms with Gasteiger partial charge in [0.15, 0.2) is 0 Å². The third kappa shape index (κ3) is 3.32. The first kappa shape index (κ1) is 18.4. The van der Waals surface area contributed by atoms with Crippen LogP contribution in [0.25, 0.3) is 28.0 Å². The van der Waals surface area contributed by atoms with Crippen molar-refractivity contribution in [1.82, 2.24) is 24.4 Å². The molecule has 1 N–H and O–H groups in total. The Hall–Kier alpha value is -3.62. The van der Waals surface area contributed by atoms with E-state index in [1.165, 1.54) is 22.1 Å². The van der Waals surface area contributed by atoms with Crippen molar-refractivity contribution in [3.05, 3.63) is 93.3 Å². The Morgan fingerprint density at radius 1 is 0.967 bits per heavy atom. The van der Waals surface area contributed by atoms with Gasteiger partial charge in [-0.2, -0.15) is 10.2 Å². The lowest BCUT2D eigenvalue weighted by Crippen LogP contribution is -2.22. The Morgan fingerprint density at radius 3 is 2.60 bits per heavy atom. The minimum absolute atomic E-state index is 0.123. The topological polar surface area (TPSA) is 85.3 Å². The highest BCUT2D eigenvalue weighted by molar-refractivity contribution is 7.09. The zero-order valence-corrected chi connectivity index (χ0v) is 16.7. The second-order valence-corrected chi connectivity index (χ2v) is 7.67. The highest BCUT2D eigenvalue weighted by atomic mass is 32.1. The third-order valence-corrected chi connectivity index (χ3v) is 5.64. The van der Waals surface area contributed by atoms with Crippen molar-refractivity contribution in [1.29, 1.82) is 0 Å². The molecule has 0 atom stereocenters. The molecule has 5 aromatic rings. The summed E-state index contributed by atoms with van der Waals surface area (Å²) >= 11 is 1.40. The van der Waals surface area contributed by atoms with E-state index < -0.39 is 0 Å². The van der Waals surface area contributed by atoms with Gasteiger partial charge in [0.25, 0.3) is 5.56 Å². The van der Waals surface area contributed by atoms with Crippen LogP contribution in [0.4, 0.5) is 0 Å². The molecule has 5 rings (SSSR count). The Balaban J connectivity index is 1.66. The van der Waals surface area contributed by atoms with Crippen molar-refractivity contribution < 1.29 is 5.11 Å². The summed E-state index contributed by atoms with van der Waals surface area (Å²) in [7, 11) is 0. The zero-order chi connectivity index (χ0) is 20.5. The number of hydrogen-bond donors (Lipinski definition) is 1. The SMILES string of the molecule is O=c1ccc(-c2c(-c3ccccc3)nn3ccccc23)nn1Cc1nc(CO)cs1. The first-order valence-electron chi connectivity index (χ1n) is 9.38. The summed E-state index contributed by atoms with van der Waals surface area (Å²) in [6.07, 6.45) is 1.90. The second kappa shape index (κ2) is 7.66. The van der Waals surface area contributed by atoms with Crippen LogP contribution in [0, 0.1) is 0 Å². The van der Waals surface area contributed by atoms with E-state index in [-0.39, 0.29) is 18.7 Å². The lowest BCUT2D eigenvalue weighted by atomic mass is 10.0. The van der Waals surface area contributed by atoms with Gasteiger partial charge in [0, 0.05) is 23.2 Å². The van der Waals surface area contributed by atoms with Crippen molar-refractivity contribution in [3.8, 4) is 22.5 Å². The molecule has 4 heterocycles. The van der Waals surface area contributed by atoms with E-state index in [9.17, 15) is 9.90 Å². The summed E-state index contributed by atoms with van der Waals surface area (Å²) in [4.78, 5) is 16.8. The smallest absolute Gasteiger partial charge is 0.267 e. The molecule has 0 fully saturated rings. The number of aliphatic hydroxyl groups is 1. The Morgan fingerprint density at radius 2 is 1.80 bits per heavy atom. The van der Waals surface area contributed by atoms with Gasteiger partial charge in [-0.25, -0.2) is 14.2 Å². The van der Waals surface area contributed by atoms with Crippen LogP contribution in [-0.2, 0) is 13.2 Å². The highest BCUT2D eigenvalue weighted by Crippen LogP contribution is 2.33. The van der Waals surface area contributed by atoms with Gasteiger partial charge in [0.1, 0.15) is 10.7 Å². The minimum atomic E-state index is -0.211. The maximum absolute atomic E-state index is 12.4. The van der Waals surface area contributed by atoms with E-state index in [2.05, 4.69) is 10.1 Å². The minimum Gasteiger partial charge on any atom is -0.390 e. The van der Waals surface area contributed by atoms with E-state index in [4.69, 9.17) is 5.10 Å². The van der Waals surface area contributed by atoms with Gasteiger partial charge in [-0.3, -0.25) is 4.79 Å².